The number of carbonyl (C=O) groups is 1. The highest BCUT2D eigenvalue weighted by molar-refractivity contribution is 6.30. The molecule has 0 fully saturated rings. The topological polar surface area (TPSA) is 45.0 Å². The molecular weight excluding hydrogens is 353 g/mol. The zero-order valence-electron chi connectivity index (χ0n) is 14.4. The molecule has 134 valence electrons. The van der Waals surface area contributed by atoms with Crippen LogP contribution in [-0.4, -0.2) is 17.8 Å². The smallest absolute Gasteiger partial charge is 0.261 e. The summed E-state index contributed by atoms with van der Waals surface area (Å²) in [6.45, 7) is 2.51. The van der Waals surface area contributed by atoms with Crippen molar-refractivity contribution >= 4 is 35.1 Å². The van der Waals surface area contributed by atoms with Gasteiger partial charge in [0.25, 0.3) is 5.91 Å². The quantitative estimate of drug-likeness (QED) is 0.668. The van der Waals surface area contributed by atoms with Crippen molar-refractivity contribution in [1.82, 2.24) is 0 Å². The van der Waals surface area contributed by atoms with Crippen LogP contribution < -0.4 is 5.01 Å². The molecule has 2 aromatic rings. The third kappa shape index (κ3) is 4.17. The van der Waals surface area contributed by atoms with Crippen LogP contribution in [0.15, 0.2) is 58.6 Å². The molecule has 2 aromatic carbocycles. The second-order valence-corrected chi connectivity index (χ2v) is 6.50. The lowest BCUT2D eigenvalue weighted by molar-refractivity contribution is -0.118. The van der Waals surface area contributed by atoms with E-state index < -0.39 is 5.92 Å². The van der Waals surface area contributed by atoms with Crippen LogP contribution >= 0.6 is 11.6 Å². The van der Waals surface area contributed by atoms with E-state index in [0.717, 1.165) is 17.7 Å². The minimum atomic E-state index is -0.479. The van der Waals surface area contributed by atoms with E-state index in [2.05, 4.69) is 10.1 Å². The minimum absolute atomic E-state index is 0.167. The molecular formula is C20H19ClFN3O. The van der Waals surface area contributed by atoms with E-state index >= 15 is 0 Å². The lowest BCUT2D eigenvalue weighted by atomic mass is 10.0. The molecule has 1 aliphatic rings. The molecule has 1 amide bonds. The first-order valence-corrected chi connectivity index (χ1v) is 8.87. The summed E-state index contributed by atoms with van der Waals surface area (Å²) < 4.78 is 13.1. The molecule has 0 bridgehead atoms. The van der Waals surface area contributed by atoms with Crippen LogP contribution in [0.4, 0.5) is 10.1 Å². The summed E-state index contributed by atoms with van der Waals surface area (Å²) in [7, 11) is 0. The summed E-state index contributed by atoms with van der Waals surface area (Å²) in [5.41, 5.74) is 2.35. The normalized spacial score (nSPS) is 17.2. The van der Waals surface area contributed by atoms with E-state index in [1.165, 1.54) is 17.1 Å². The molecule has 1 heterocycles. The zero-order valence-corrected chi connectivity index (χ0v) is 15.2. The Morgan fingerprint density at radius 2 is 1.88 bits per heavy atom. The molecule has 0 saturated carbocycles. The fourth-order valence-electron chi connectivity index (χ4n) is 2.75. The number of hydrazone groups is 1. The molecule has 3 rings (SSSR count). The Balaban J connectivity index is 1.76. The summed E-state index contributed by atoms with van der Waals surface area (Å²) in [6, 6.07) is 13.2. The van der Waals surface area contributed by atoms with Gasteiger partial charge in [0.2, 0.25) is 0 Å². The number of hydrogen-bond donors (Lipinski definition) is 0. The SMILES string of the molecule is CCCC1=NN(c2ccc(F)cc2)C(=O)[C@@H]1C=NCc1ccc(Cl)cc1. The van der Waals surface area contributed by atoms with Crippen LogP contribution in [0.3, 0.4) is 0 Å². The van der Waals surface area contributed by atoms with E-state index in [4.69, 9.17) is 11.6 Å². The van der Waals surface area contributed by atoms with E-state index in [1.54, 1.807) is 18.3 Å². The molecule has 0 spiro atoms. The second kappa shape index (κ2) is 8.23. The largest absolute Gasteiger partial charge is 0.292 e. The van der Waals surface area contributed by atoms with E-state index in [9.17, 15) is 9.18 Å². The number of aliphatic imine (C=N–C) groups is 1. The van der Waals surface area contributed by atoms with Gasteiger partial charge in [-0.25, -0.2) is 4.39 Å². The van der Waals surface area contributed by atoms with Crippen LogP contribution in [0.5, 0.6) is 0 Å². The van der Waals surface area contributed by atoms with Crippen molar-refractivity contribution in [3.05, 3.63) is 64.9 Å². The molecule has 0 aromatic heterocycles. The summed E-state index contributed by atoms with van der Waals surface area (Å²) in [5, 5.41) is 6.46. The summed E-state index contributed by atoms with van der Waals surface area (Å²) in [4.78, 5) is 17.2. The van der Waals surface area contributed by atoms with Crippen molar-refractivity contribution in [3.63, 3.8) is 0 Å². The summed E-state index contributed by atoms with van der Waals surface area (Å²) in [6.07, 6.45) is 3.25. The Morgan fingerprint density at radius 1 is 1.19 bits per heavy atom. The Bertz CT molecular complexity index is 831. The van der Waals surface area contributed by atoms with Gasteiger partial charge in [0.1, 0.15) is 11.7 Å². The summed E-state index contributed by atoms with van der Waals surface area (Å²) in [5.74, 6) is -0.994. The van der Waals surface area contributed by atoms with Crippen molar-refractivity contribution in [2.75, 3.05) is 5.01 Å². The molecule has 0 N–H and O–H groups in total. The third-order valence-electron chi connectivity index (χ3n) is 4.08. The highest BCUT2D eigenvalue weighted by Gasteiger charge is 2.34. The average molecular weight is 372 g/mol. The standard InChI is InChI=1S/C20H19ClFN3O/c1-2-3-19-18(13-23-12-14-4-6-15(21)7-5-14)20(26)25(24-19)17-10-8-16(22)9-11-17/h4-11,13,18H,2-3,12H2,1H3/t18-/m1/s1. The lowest BCUT2D eigenvalue weighted by Gasteiger charge is -2.12. The molecule has 6 heteroatoms. The average Bonchev–Trinajstić information content (AvgIpc) is 2.94. The van der Waals surface area contributed by atoms with E-state index in [-0.39, 0.29) is 11.7 Å². The number of hydrogen-bond acceptors (Lipinski definition) is 3. The fourth-order valence-corrected chi connectivity index (χ4v) is 2.87. The molecule has 0 radical (unpaired) electrons. The van der Waals surface area contributed by atoms with Crippen molar-refractivity contribution < 1.29 is 9.18 Å². The molecule has 0 unspecified atom stereocenters. The van der Waals surface area contributed by atoms with Gasteiger partial charge in [0.05, 0.1) is 17.9 Å². The van der Waals surface area contributed by atoms with Gasteiger partial charge in [-0.3, -0.25) is 9.79 Å². The minimum Gasteiger partial charge on any atom is -0.292 e. The van der Waals surface area contributed by atoms with Gasteiger partial charge in [-0.15, -0.1) is 0 Å². The Morgan fingerprint density at radius 3 is 2.54 bits per heavy atom. The fraction of sp³-hybridized carbons (Fsp3) is 0.250. The molecule has 1 aliphatic heterocycles. The Hall–Kier alpha value is -2.53. The van der Waals surface area contributed by atoms with Crippen LogP contribution in [0, 0.1) is 11.7 Å². The van der Waals surface area contributed by atoms with Crippen LogP contribution in [0.2, 0.25) is 5.02 Å². The first-order valence-electron chi connectivity index (χ1n) is 8.49. The number of amides is 1. The van der Waals surface area contributed by atoms with Gasteiger partial charge in [0, 0.05) is 11.2 Å². The number of nitrogens with zero attached hydrogens (tertiary/aromatic N) is 3. The second-order valence-electron chi connectivity index (χ2n) is 6.06. The zero-order chi connectivity index (χ0) is 18.5. The molecule has 26 heavy (non-hydrogen) atoms. The van der Waals surface area contributed by atoms with Gasteiger partial charge >= 0.3 is 0 Å². The summed E-state index contributed by atoms with van der Waals surface area (Å²) >= 11 is 5.88. The van der Waals surface area contributed by atoms with E-state index in [1.807, 2.05) is 31.2 Å². The number of rotatable bonds is 6. The van der Waals surface area contributed by atoms with Gasteiger partial charge in [0.15, 0.2) is 0 Å². The Labute approximate surface area is 157 Å². The van der Waals surface area contributed by atoms with Crippen LogP contribution in [-0.2, 0) is 11.3 Å². The number of benzene rings is 2. The first-order chi connectivity index (χ1) is 12.6. The molecule has 4 nitrogen and oxygen atoms in total. The van der Waals surface area contributed by atoms with Crippen molar-refractivity contribution in [1.29, 1.82) is 0 Å². The predicted octanol–water partition coefficient (Wildman–Crippen LogP) is 4.87. The lowest BCUT2D eigenvalue weighted by Crippen LogP contribution is -2.28. The Kier molecular flexibility index (Phi) is 5.78. The predicted molar refractivity (Wildman–Crippen MR) is 103 cm³/mol. The highest BCUT2D eigenvalue weighted by atomic mass is 35.5. The number of carbonyl (C=O) groups excluding carboxylic acids is 1. The molecule has 1 atom stereocenters. The van der Waals surface area contributed by atoms with Crippen molar-refractivity contribution in [2.24, 2.45) is 16.0 Å². The van der Waals surface area contributed by atoms with Gasteiger partial charge < -0.3 is 0 Å². The van der Waals surface area contributed by atoms with E-state index in [0.29, 0.717) is 23.7 Å². The molecule has 0 saturated heterocycles. The molecule has 0 aliphatic carbocycles. The highest BCUT2D eigenvalue weighted by Crippen LogP contribution is 2.25. The maximum absolute atomic E-state index is 13.1. The van der Waals surface area contributed by atoms with Crippen LogP contribution in [0.1, 0.15) is 25.3 Å². The first kappa shape index (κ1) is 18.3. The number of halogens is 2. The van der Waals surface area contributed by atoms with Gasteiger partial charge in [-0.2, -0.15) is 10.1 Å². The van der Waals surface area contributed by atoms with Gasteiger partial charge in [-0.1, -0.05) is 37.1 Å². The van der Waals surface area contributed by atoms with Crippen LogP contribution in [0.25, 0.3) is 0 Å². The van der Waals surface area contributed by atoms with Gasteiger partial charge in [-0.05, 0) is 48.4 Å². The number of anilines is 1. The van der Waals surface area contributed by atoms with Crippen molar-refractivity contribution in [3.8, 4) is 0 Å². The monoisotopic (exact) mass is 371 g/mol. The maximum Gasteiger partial charge on any atom is 0.261 e. The maximum atomic E-state index is 13.1. The van der Waals surface area contributed by atoms with Crippen molar-refractivity contribution in [2.45, 2.75) is 26.3 Å². The third-order valence-corrected chi connectivity index (χ3v) is 4.33.